The first-order valence-corrected chi connectivity index (χ1v) is 12.3. The van der Waals surface area contributed by atoms with Crippen molar-refractivity contribution in [3.05, 3.63) is 38.0 Å². The molecule has 0 aromatic carbocycles. The van der Waals surface area contributed by atoms with E-state index < -0.39 is 0 Å². The highest BCUT2D eigenvalue weighted by Crippen LogP contribution is 2.31. The highest BCUT2D eigenvalue weighted by Gasteiger charge is 2.31. The molecule has 1 atom stereocenters. The molecule has 0 bridgehead atoms. The lowest BCUT2D eigenvalue weighted by Gasteiger charge is -2.36. The molecular weight excluding hydrogens is 338 g/mol. The van der Waals surface area contributed by atoms with Gasteiger partial charge in [0.05, 0.1) is 0 Å². The number of nitrogens with two attached hydrogens (primary N) is 1. The molecular formula is C27H51N. The average molecular weight is 390 g/mol. The maximum absolute atomic E-state index is 6.71. The topological polar surface area (TPSA) is 26.0 Å². The van der Waals surface area contributed by atoms with Crippen LogP contribution >= 0.6 is 0 Å². The molecule has 0 aliphatic heterocycles. The molecule has 0 rings (SSSR count). The summed E-state index contributed by atoms with van der Waals surface area (Å²) >= 11 is 0. The minimum atomic E-state index is -0.200. The van der Waals surface area contributed by atoms with Gasteiger partial charge in [0.1, 0.15) is 0 Å². The van der Waals surface area contributed by atoms with Gasteiger partial charge in [-0.2, -0.15) is 0 Å². The standard InChI is InChI=1S/C27H51N/c1-5-9-10-11-12-13-14-15-16-17-18-19-20-21-23-26(22-6-2)27(28,24-7-3)25-8-4/h6-8,26H,2-5,9-25,28H2,1H3. The molecule has 1 unspecified atom stereocenters. The molecule has 0 saturated carbocycles. The van der Waals surface area contributed by atoms with Gasteiger partial charge in [-0.15, -0.1) is 19.7 Å². The summed E-state index contributed by atoms with van der Waals surface area (Å²) in [4.78, 5) is 0. The minimum Gasteiger partial charge on any atom is -0.324 e. The van der Waals surface area contributed by atoms with Crippen LogP contribution in [0, 0.1) is 5.92 Å². The maximum atomic E-state index is 6.71. The summed E-state index contributed by atoms with van der Waals surface area (Å²) in [5, 5.41) is 0. The summed E-state index contributed by atoms with van der Waals surface area (Å²) < 4.78 is 0. The van der Waals surface area contributed by atoms with Crippen LogP contribution in [0.4, 0.5) is 0 Å². The molecule has 0 aromatic heterocycles. The first-order chi connectivity index (χ1) is 13.6. The van der Waals surface area contributed by atoms with Crippen LogP contribution in [0.15, 0.2) is 38.0 Å². The van der Waals surface area contributed by atoms with E-state index in [-0.39, 0.29) is 5.54 Å². The molecule has 0 fully saturated rings. The van der Waals surface area contributed by atoms with Crippen molar-refractivity contribution < 1.29 is 0 Å². The molecule has 0 aromatic rings. The highest BCUT2D eigenvalue weighted by molar-refractivity contribution is 5.01. The highest BCUT2D eigenvalue weighted by atomic mass is 14.8. The fraction of sp³-hybridized carbons (Fsp3) is 0.778. The first-order valence-electron chi connectivity index (χ1n) is 12.3. The summed E-state index contributed by atoms with van der Waals surface area (Å²) in [6, 6.07) is 0. The third kappa shape index (κ3) is 14.2. The largest absolute Gasteiger partial charge is 0.324 e. The van der Waals surface area contributed by atoms with Crippen molar-refractivity contribution in [3.8, 4) is 0 Å². The van der Waals surface area contributed by atoms with Gasteiger partial charge >= 0.3 is 0 Å². The van der Waals surface area contributed by atoms with E-state index in [0.29, 0.717) is 5.92 Å². The van der Waals surface area contributed by atoms with Crippen LogP contribution in [0.5, 0.6) is 0 Å². The zero-order valence-corrected chi connectivity index (χ0v) is 19.2. The van der Waals surface area contributed by atoms with Crippen molar-refractivity contribution in [1.82, 2.24) is 0 Å². The van der Waals surface area contributed by atoms with Crippen LogP contribution in [0.1, 0.15) is 122 Å². The Labute approximate surface area is 177 Å². The van der Waals surface area contributed by atoms with Gasteiger partial charge in [-0.3, -0.25) is 0 Å². The Bertz CT molecular complexity index is 360. The van der Waals surface area contributed by atoms with E-state index in [0.717, 1.165) is 19.3 Å². The van der Waals surface area contributed by atoms with Crippen molar-refractivity contribution in [1.29, 1.82) is 0 Å². The molecule has 0 spiro atoms. The Hall–Kier alpha value is -0.820. The smallest absolute Gasteiger partial charge is 0.0255 e. The molecule has 0 aliphatic carbocycles. The molecule has 1 nitrogen and oxygen atoms in total. The minimum absolute atomic E-state index is 0.200. The van der Waals surface area contributed by atoms with E-state index in [1.165, 1.54) is 96.3 Å². The number of hydrogen-bond acceptors (Lipinski definition) is 1. The van der Waals surface area contributed by atoms with Gasteiger partial charge in [0.15, 0.2) is 0 Å². The van der Waals surface area contributed by atoms with Crippen molar-refractivity contribution in [2.24, 2.45) is 11.7 Å². The SMILES string of the molecule is C=CCC(CCCCCCCCCCCCCCCC)C(N)(CC=C)CC=C. The lowest BCUT2D eigenvalue weighted by Crippen LogP contribution is -2.46. The molecule has 28 heavy (non-hydrogen) atoms. The van der Waals surface area contributed by atoms with Gasteiger partial charge in [-0.1, -0.05) is 115 Å². The predicted molar refractivity (Wildman–Crippen MR) is 130 cm³/mol. The van der Waals surface area contributed by atoms with Gasteiger partial charge in [0.25, 0.3) is 0 Å². The Morgan fingerprint density at radius 1 is 0.643 bits per heavy atom. The van der Waals surface area contributed by atoms with Gasteiger partial charge < -0.3 is 5.73 Å². The van der Waals surface area contributed by atoms with Crippen molar-refractivity contribution in [2.45, 2.75) is 128 Å². The van der Waals surface area contributed by atoms with Crippen LogP contribution < -0.4 is 5.73 Å². The summed E-state index contributed by atoms with van der Waals surface area (Å²) in [5.74, 6) is 0.485. The molecule has 0 saturated heterocycles. The summed E-state index contributed by atoms with van der Waals surface area (Å²) in [6.45, 7) is 14.0. The third-order valence-corrected chi connectivity index (χ3v) is 6.22. The first kappa shape index (κ1) is 27.2. The number of rotatable bonds is 22. The van der Waals surface area contributed by atoms with Gasteiger partial charge in [0, 0.05) is 5.54 Å². The summed E-state index contributed by atoms with van der Waals surface area (Å²) in [6.07, 6.45) is 29.5. The maximum Gasteiger partial charge on any atom is 0.0255 e. The van der Waals surface area contributed by atoms with Crippen molar-refractivity contribution in [2.75, 3.05) is 0 Å². The predicted octanol–water partition coefficient (Wildman–Crippen LogP) is 8.90. The summed E-state index contributed by atoms with van der Waals surface area (Å²) in [5.41, 5.74) is 6.51. The van der Waals surface area contributed by atoms with E-state index in [4.69, 9.17) is 5.73 Å². The lowest BCUT2D eigenvalue weighted by molar-refractivity contribution is 0.252. The van der Waals surface area contributed by atoms with Gasteiger partial charge in [0.2, 0.25) is 0 Å². The van der Waals surface area contributed by atoms with Crippen molar-refractivity contribution in [3.63, 3.8) is 0 Å². The number of unbranched alkanes of at least 4 members (excludes halogenated alkanes) is 13. The number of allylic oxidation sites excluding steroid dienone is 1. The van der Waals surface area contributed by atoms with Gasteiger partial charge in [-0.25, -0.2) is 0 Å². The Morgan fingerprint density at radius 2 is 1.04 bits per heavy atom. The quantitative estimate of drug-likeness (QED) is 0.145. The van der Waals surface area contributed by atoms with Crippen LogP contribution in [-0.4, -0.2) is 5.54 Å². The van der Waals surface area contributed by atoms with Crippen LogP contribution in [0.25, 0.3) is 0 Å². The molecule has 0 radical (unpaired) electrons. The van der Waals surface area contributed by atoms with E-state index >= 15 is 0 Å². The van der Waals surface area contributed by atoms with Crippen LogP contribution in [0.2, 0.25) is 0 Å². The van der Waals surface area contributed by atoms with E-state index in [9.17, 15) is 0 Å². The fourth-order valence-electron chi connectivity index (χ4n) is 4.38. The summed E-state index contributed by atoms with van der Waals surface area (Å²) in [7, 11) is 0. The van der Waals surface area contributed by atoms with Crippen molar-refractivity contribution >= 4 is 0 Å². The van der Waals surface area contributed by atoms with E-state index in [1.807, 2.05) is 18.2 Å². The lowest BCUT2D eigenvalue weighted by atomic mass is 9.75. The van der Waals surface area contributed by atoms with Gasteiger partial charge in [-0.05, 0) is 31.6 Å². The second-order valence-electron chi connectivity index (χ2n) is 8.82. The Morgan fingerprint density at radius 3 is 1.39 bits per heavy atom. The zero-order valence-electron chi connectivity index (χ0n) is 19.2. The van der Waals surface area contributed by atoms with E-state index in [2.05, 4.69) is 26.7 Å². The van der Waals surface area contributed by atoms with E-state index in [1.54, 1.807) is 0 Å². The second kappa shape index (κ2) is 19.5. The van der Waals surface area contributed by atoms with Crippen LogP contribution in [0.3, 0.4) is 0 Å². The molecule has 2 N–H and O–H groups in total. The number of hydrogen-bond donors (Lipinski definition) is 1. The molecule has 164 valence electrons. The fourth-order valence-corrected chi connectivity index (χ4v) is 4.38. The monoisotopic (exact) mass is 389 g/mol. The second-order valence-corrected chi connectivity index (χ2v) is 8.82. The molecule has 0 aliphatic rings. The molecule has 1 heteroatoms. The normalized spacial score (nSPS) is 12.6. The van der Waals surface area contributed by atoms with Crippen LogP contribution in [-0.2, 0) is 0 Å². The Balaban J connectivity index is 3.74. The molecule has 0 amide bonds. The third-order valence-electron chi connectivity index (χ3n) is 6.22. The zero-order chi connectivity index (χ0) is 20.9. The molecule has 0 heterocycles. The average Bonchev–Trinajstić information content (AvgIpc) is 2.67. The Kier molecular flexibility index (Phi) is 18.9.